The number of thiophene rings is 1. The summed E-state index contributed by atoms with van der Waals surface area (Å²) in [4.78, 5) is 13.3. The first-order chi connectivity index (χ1) is 9.22. The van der Waals surface area contributed by atoms with E-state index in [1.807, 2.05) is 11.4 Å². The number of rotatable bonds is 3. The molecule has 3 rings (SSSR count). The lowest BCUT2D eigenvalue weighted by Crippen LogP contribution is -2.42. The molecule has 2 aliphatic rings. The van der Waals surface area contributed by atoms with Crippen LogP contribution < -0.4 is 4.74 Å². The number of ether oxygens (including phenoxy) is 3. The van der Waals surface area contributed by atoms with Gasteiger partial charge in [-0.1, -0.05) is 0 Å². The van der Waals surface area contributed by atoms with Gasteiger partial charge in [0.2, 0.25) is 0 Å². The molecule has 1 aromatic heterocycles. The molecule has 2 aliphatic heterocycles. The standard InChI is InChI=1S/C14H18O4S/c1-16-11-6-12(19-8-11)13(15)10-2-4-18-14(7-10)3-5-17-9-14/h6,8,10H,2-5,7,9H2,1H3. The molecule has 0 amide bonds. The van der Waals surface area contributed by atoms with Crippen molar-refractivity contribution >= 4 is 17.1 Å². The Morgan fingerprint density at radius 2 is 2.42 bits per heavy atom. The Labute approximate surface area is 116 Å². The molecule has 2 fully saturated rings. The molecule has 1 aromatic rings. The minimum Gasteiger partial charge on any atom is -0.496 e. The van der Waals surface area contributed by atoms with Gasteiger partial charge in [-0.3, -0.25) is 4.79 Å². The van der Waals surface area contributed by atoms with Gasteiger partial charge in [-0.05, 0) is 12.8 Å². The van der Waals surface area contributed by atoms with Crippen molar-refractivity contribution < 1.29 is 19.0 Å². The summed E-state index contributed by atoms with van der Waals surface area (Å²) in [6.07, 6.45) is 2.50. The molecule has 0 radical (unpaired) electrons. The summed E-state index contributed by atoms with van der Waals surface area (Å²) < 4.78 is 16.4. The Kier molecular flexibility index (Phi) is 3.60. The van der Waals surface area contributed by atoms with Crippen molar-refractivity contribution in [2.75, 3.05) is 26.9 Å². The Balaban J connectivity index is 1.72. The maximum atomic E-state index is 12.5. The average molecular weight is 282 g/mol. The summed E-state index contributed by atoms with van der Waals surface area (Å²) in [5.74, 6) is 1.04. The number of methoxy groups -OCH3 is 1. The van der Waals surface area contributed by atoms with E-state index in [-0.39, 0.29) is 17.3 Å². The van der Waals surface area contributed by atoms with E-state index < -0.39 is 0 Å². The van der Waals surface area contributed by atoms with Gasteiger partial charge >= 0.3 is 0 Å². The van der Waals surface area contributed by atoms with E-state index in [0.29, 0.717) is 13.2 Å². The Morgan fingerprint density at radius 3 is 3.11 bits per heavy atom. The van der Waals surface area contributed by atoms with Crippen LogP contribution in [-0.2, 0) is 9.47 Å². The fourth-order valence-electron chi connectivity index (χ4n) is 2.87. The highest BCUT2D eigenvalue weighted by atomic mass is 32.1. The molecule has 19 heavy (non-hydrogen) atoms. The summed E-state index contributed by atoms with van der Waals surface area (Å²) in [5, 5.41) is 1.88. The van der Waals surface area contributed by atoms with Crippen LogP contribution in [-0.4, -0.2) is 38.3 Å². The van der Waals surface area contributed by atoms with E-state index in [0.717, 1.165) is 36.5 Å². The third-order valence-electron chi connectivity index (χ3n) is 3.98. The second kappa shape index (κ2) is 5.23. The average Bonchev–Trinajstić information content (AvgIpc) is 3.07. The van der Waals surface area contributed by atoms with Crippen molar-refractivity contribution in [2.24, 2.45) is 5.92 Å². The minimum atomic E-state index is -0.208. The first-order valence-corrected chi connectivity index (χ1v) is 7.49. The molecule has 0 aromatic carbocycles. The molecule has 0 N–H and O–H groups in total. The van der Waals surface area contributed by atoms with Gasteiger partial charge in [0.05, 0.1) is 24.2 Å². The number of carbonyl (C=O) groups excluding carboxylic acids is 1. The third kappa shape index (κ3) is 2.55. The quantitative estimate of drug-likeness (QED) is 0.799. The third-order valence-corrected chi connectivity index (χ3v) is 4.91. The highest BCUT2D eigenvalue weighted by molar-refractivity contribution is 7.12. The van der Waals surface area contributed by atoms with Crippen molar-refractivity contribution in [1.29, 1.82) is 0 Å². The van der Waals surface area contributed by atoms with Crippen LogP contribution in [0.3, 0.4) is 0 Å². The van der Waals surface area contributed by atoms with E-state index in [1.165, 1.54) is 11.3 Å². The van der Waals surface area contributed by atoms with Gasteiger partial charge in [0, 0.05) is 37.0 Å². The van der Waals surface area contributed by atoms with E-state index in [2.05, 4.69) is 0 Å². The zero-order chi connectivity index (χ0) is 13.3. The van der Waals surface area contributed by atoms with Gasteiger partial charge < -0.3 is 14.2 Å². The minimum absolute atomic E-state index is 0.0545. The van der Waals surface area contributed by atoms with Gasteiger partial charge in [0.25, 0.3) is 0 Å². The lowest BCUT2D eigenvalue weighted by molar-refractivity contribution is -0.0920. The lowest BCUT2D eigenvalue weighted by atomic mass is 9.82. The van der Waals surface area contributed by atoms with Crippen LogP contribution in [0.1, 0.15) is 28.9 Å². The molecule has 0 bridgehead atoms. The molecular weight excluding hydrogens is 264 g/mol. The van der Waals surface area contributed by atoms with Crippen LogP contribution in [0.2, 0.25) is 0 Å². The number of hydrogen-bond donors (Lipinski definition) is 0. The number of carbonyl (C=O) groups is 1. The van der Waals surface area contributed by atoms with E-state index in [1.54, 1.807) is 7.11 Å². The SMILES string of the molecule is COc1csc(C(=O)C2CCOC3(CCOC3)C2)c1. The summed E-state index contributed by atoms with van der Waals surface area (Å²) in [7, 11) is 1.62. The van der Waals surface area contributed by atoms with Crippen LogP contribution in [0.4, 0.5) is 0 Å². The molecule has 1 spiro atoms. The predicted octanol–water partition coefficient (Wildman–Crippen LogP) is 2.53. The summed E-state index contributed by atoms with van der Waals surface area (Å²) in [6.45, 7) is 2.03. The predicted molar refractivity (Wildman–Crippen MR) is 72.0 cm³/mol. The molecule has 104 valence electrons. The van der Waals surface area contributed by atoms with Gasteiger partial charge in [-0.15, -0.1) is 11.3 Å². The maximum absolute atomic E-state index is 12.5. The Hall–Kier alpha value is -0.910. The molecule has 0 aliphatic carbocycles. The second-order valence-electron chi connectivity index (χ2n) is 5.24. The fourth-order valence-corrected chi connectivity index (χ4v) is 3.75. The van der Waals surface area contributed by atoms with Crippen LogP contribution in [0.25, 0.3) is 0 Å². The highest BCUT2D eigenvalue weighted by Gasteiger charge is 2.43. The van der Waals surface area contributed by atoms with E-state index in [9.17, 15) is 4.79 Å². The first kappa shape index (κ1) is 13.1. The monoisotopic (exact) mass is 282 g/mol. The molecule has 5 heteroatoms. The normalized spacial score (nSPS) is 30.7. The van der Waals surface area contributed by atoms with Gasteiger partial charge in [-0.25, -0.2) is 0 Å². The van der Waals surface area contributed by atoms with E-state index in [4.69, 9.17) is 14.2 Å². The van der Waals surface area contributed by atoms with Crippen molar-refractivity contribution in [3.63, 3.8) is 0 Å². The van der Waals surface area contributed by atoms with Gasteiger partial charge in [0.1, 0.15) is 5.75 Å². The zero-order valence-electron chi connectivity index (χ0n) is 11.0. The van der Waals surface area contributed by atoms with Crippen molar-refractivity contribution in [3.8, 4) is 5.75 Å². The lowest BCUT2D eigenvalue weighted by Gasteiger charge is -2.36. The van der Waals surface area contributed by atoms with Crippen LogP contribution in [0.5, 0.6) is 5.75 Å². The molecule has 2 unspecified atom stereocenters. The molecule has 2 atom stereocenters. The smallest absolute Gasteiger partial charge is 0.176 e. The van der Waals surface area contributed by atoms with Gasteiger partial charge in [0.15, 0.2) is 5.78 Å². The number of Topliss-reactive ketones (excluding diaryl/α,β-unsaturated/α-hetero) is 1. The highest BCUT2D eigenvalue weighted by Crippen LogP contribution is 2.38. The van der Waals surface area contributed by atoms with Crippen LogP contribution in [0, 0.1) is 5.92 Å². The molecular formula is C14H18O4S. The zero-order valence-corrected chi connectivity index (χ0v) is 11.8. The summed E-state index contributed by atoms with van der Waals surface area (Å²) in [5.41, 5.74) is -0.208. The molecule has 2 saturated heterocycles. The largest absolute Gasteiger partial charge is 0.496 e. The summed E-state index contributed by atoms with van der Waals surface area (Å²) >= 11 is 1.46. The Bertz CT molecular complexity index is 462. The molecule has 0 saturated carbocycles. The summed E-state index contributed by atoms with van der Waals surface area (Å²) in [6, 6.07) is 1.83. The second-order valence-corrected chi connectivity index (χ2v) is 6.15. The van der Waals surface area contributed by atoms with Crippen LogP contribution >= 0.6 is 11.3 Å². The van der Waals surface area contributed by atoms with Crippen molar-refractivity contribution in [3.05, 3.63) is 16.3 Å². The first-order valence-electron chi connectivity index (χ1n) is 6.61. The number of hydrogen-bond acceptors (Lipinski definition) is 5. The van der Waals surface area contributed by atoms with Crippen molar-refractivity contribution in [1.82, 2.24) is 0 Å². The van der Waals surface area contributed by atoms with E-state index >= 15 is 0 Å². The topological polar surface area (TPSA) is 44.8 Å². The maximum Gasteiger partial charge on any atom is 0.176 e. The Morgan fingerprint density at radius 1 is 1.53 bits per heavy atom. The van der Waals surface area contributed by atoms with Crippen LogP contribution in [0.15, 0.2) is 11.4 Å². The molecule has 3 heterocycles. The van der Waals surface area contributed by atoms with Gasteiger partial charge in [-0.2, -0.15) is 0 Å². The van der Waals surface area contributed by atoms with Crippen molar-refractivity contribution in [2.45, 2.75) is 24.9 Å². The molecule has 4 nitrogen and oxygen atoms in total. The fraction of sp³-hybridized carbons (Fsp3) is 0.643. The number of ketones is 1.